The van der Waals surface area contributed by atoms with Crippen molar-refractivity contribution in [2.24, 2.45) is 11.3 Å². The number of hydrogen-bond donors (Lipinski definition) is 2. The average molecular weight is 480 g/mol. The number of carbonyl (C=O) groups is 2. The fraction of sp³-hybridized carbons (Fsp3) is 0.536. The number of H-pyrrole nitrogens is 1. The molecule has 3 heterocycles. The monoisotopic (exact) mass is 479 g/mol. The highest BCUT2D eigenvalue weighted by atomic mass is 16.5. The number of ether oxygens (including phenoxy) is 1. The Bertz CT molecular complexity index is 1070. The normalized spacial score (nSPS) is 20.8. The number of fused-ring (bicyclic) bond motifs is 1. The number of rotatable bonds is 3. The van der Waals surface area contributed by atoms with Crippen molar-refractivity contribution in [1.29, 1.82) is 0 Å². The Balaban J connectivity index is 1.50. The zero-order chi connectivity index (χ0) is 24.8. The van der Waals surface area contributed by atoms with E-state index in [0.717, 1.165) is 37.9 Å². The molecule has 1 aromatic heterocycles. The van der Waals surface area contributed by atoms with Gasteiger partial charge in [-0.1, -0.05) is 38.5 Å². The largest absolute Gasteiger partial charge is 0.491 e. The SMILES string of the molecule is CC(C)C[C@H]1COc2ccccc2CCCCC2(CCN(C(=O)c3ccc(=O)[nH]c3)CC2)C(=O)N1. The van der Waals surface area contributed by atoms with Crippen LogP contribution in [0.25, 0.3) is 0 Å². The number of pyridine rings is 1. The minimum atomic E-state index is -0.476. The molecule has 2 amide bonds. The Labute approximate surface area is 207 Å². The molecule has 2 aromatic rings. The molecule has 2 aliphatic rings. The zero-order valence-corrected chi connectivity index (χ0v) is 20.8. The molecule has 188 valence electrons. The van der Waals surface area contributed by atoms with E-state index >= 15 is 0 Å². The number of likely N-dealkylation sites (tertiary alicyclic amines) is 1. The van der Waals surface area contributed by atoms with Crippen LogP contribution in [0.15, 0.2) is 47.4 Å². The van der Waals surface area contributed by atoms with E-state index in [1.165, 1.54) is 17.8 Å². The first-order chi connectivity index (χ1) is 16.9. The van der Waals surface area contributed by atoms with Gasteiger partial charge in [-0.15, -0.1) is 0 Å². The van der Waals surface area contributed by atoms with Crippen molar-refractivity contribution in [2.75, 3.05) is 19.7 Å². The Kier molecular flexibility index (Phi) is 7.93. The molecule has 35 heavy (non-hydrogen) atoms. The Morgan fingerprint density at radius 2 is 1.86 bits per heavy atom. The molecule has 0 bridgehead atoms. The first kappa shape index (κ1) is 25.0. The van der Waals surface area contributed by atoms with Gasteiger partial charge in [0.1, 0.15) is 12.4 Å². The predicted molar refractivity (Wildman–Crippen MR) is 136 cm³/mol. The smallest absolute Gasteiger partial charge is 0.255 e. The van der Waals surface area contributed by atoms with Crippen LogP contribution in [0.5, 0.6) is 5.75 Å². The van der Waals surface area contributed by atoms with Crippen molar-refractivity contribution in [1.82, 2.24) is 15.2 Å². The van der Waals surface area contributed by atoms with Crippen LogP contribution in [0.3, 0.4) is 0 Å². The molecule has 0 aliphatic carbocycles. The highest BCUT2D eigenvalue weighted by molar-refractivity contribution is 5.94. The molecule has 2 N–H and O–H groups in total. The summed E-state index contributed by atoms with van der Waals surface area (Å²) in [4.78, 5) is 42.4. The van der Waals surface area contributed by atoms with E-state index in [1.807, 2.05) is 12.1 Å². The maximum absolute atomic E-state index is 13.7. The standard InChI is InChI=1S/C28H37N3O4/c1-20(2)17-23-19-35-24-9-4-3-7-21(24)8-5-6-12-28(27(34)30-23)13-15-31(16-14-28)26(33)22-10-11-25(32)29-18-22/h3-4,7,9-11,18,20,23H,5-6,8,12-17,19H2,1-2H3,(H,29,32)(H,30,34)/t23-/m0/s1. The molecule has 1 saturated heterocycles. The van der Waals surface area contributed by atoms with Crippen LogP contribution in [0.2, 0.25) is 0 Å². The highest BCUT2D eigenvalue weighted by Gasteiger charge is 2.42. The molecule has 1 atom stereocenters. The molecular weight excluding hydrogens is 442 g/mol. The molecule has 0 unspecified atom stereocenters. The van der Waals surface area contributed by atoms with Gasteiger partial charge in [-0.2, -0.15) is 0 Å². The summed E-state index contributed by atoms with van der Waals surface area (Å²) < 4.78 is 6.21. The molecule has 0 radical (unpaired) electrons. The third kappa shape index (κ3) is 6.13. The van der Waals surface area contributed by atoms with Crippen LogP contribution >= 0.6 is 0 Å². The lowest BCUT2D eigenvalue weighted by atomic mass is 9.73. The second-order valence-corrected chi connectivity index (χ2v) is 10.4. The number of aromatic nitrogens is 1. The lowest BCUT2D eigenvalue weighted by Gasteiger charge is -2.42. The van der Waals surface area contributed by atoms with E-state index in [2.05, 4.69) is 36.3 Å². The van der Waals surface area contributed by atoms with Crippen LogP contribution in [0, 0.1) is 11.3 Å². The summed E-state index contributed by atoms with van der Waals surface area (Å²) in [6, 6.07) is 11.1. The summed E-state index contributed by atoms with van der Waals surface area (Å²) in [5.41, 5.74) is 0.983. The molecule has 2 aliphatic heterocycles. The van der Waals surface area contributed by atoms with Gasteiger partial charge in [0, 0.05) is 25.4 Å². The molecule has 1 aromatic carbocycles. The number of aromatic amines is 1. The summed E-state index contributed by atoms with van der Waals surface area (Å²) in [7, 11) is 0. The quantitative estimate of drug-likeness (QED) is 0.698. The topological polar surface area (TPSA) is 91.5 Å². The van der Waals surface area contributed by atoms with Gasteiger partial charge in [-0.3, -0.25) is 14.4 Å². The fourth-order valence-corrected chi connectivity index (χ4v) is 5.35. The van der Waals surface area contributed by atoms with Crippen molar-refractivity contribution < 1.29 is 14.3 Å². The number of para-hydroxylation sites is 1. The third-order valence-corrected chi connectivity index (χ3v) is 7.38. The van der Waals surface area contributed by atoms with E-state index in [9.17, 15) is 14.4 Å². The summed E-state index contributed by atoms with van der Waals surface area (Å²) in [5.74, 6) is 1.34. The van der Waals surface area contributed by atoms with Gasteiger partial charge in [0.2, 0.25) is 11.5 Å². The number of piperidine rings is 1. The third-order valence-electron chi connectivity index (χ3n) is 7.38. The molecule has 7 heteroatoms. The number of carbonyl (C=O) groups excluding carboxylic acids is 2. The number of hydrogen-bond acceptors (Lipinski definition) is 4. The van der Waals surface area contributed by atoms with Crippen LogP contribution < -0.4 is 15.6 Å². The van der Waals surface area contributed by atoms with Gasteiger partial charge in [-0.05, 0) is 62.1 Å². The fourth-order valence-electron chi connectivity index (χ4n) is 5.35. The number of benzene rings is 1. The second-order valence-electron chi connectivity index (χ2n) is 10.4. The summed E-state index contributed by atoms with van der Waals surface area (Å²) in [6.07, 6.45) is 7.28. The van der Waals surface area contributed by atoms with Crippen LogP contribution in [-0.4, -0.2) is 47.4 Å². The van der Waals surface area contributed by atoms with Crippen molar-refractivity contribution >= 4 is 11.8 Å². The number of amides is 2. The van der Waals surface area contributed by atoms with E-state index < -0.39 is 5.41 Å². The maximum Gasteiger partial charge on any atom is 0.255 e. The number of aryl methyl sites for hydroxylation is 1. The molecule has 1 fully saturated rings. The Morgan fingerprint density at radius 3 is 2.57 bits per heavy atom. The van der Waals surface area contributed by atoms with Gasteiger partial charge in [-0.25, -0.2) is 0 Å². The maximum atomic E-state index is 13.7. The van der Waals surface area contributed by atoms with Gasteiger partial charge >= 0.3 is 0 Å². The molecule has 7 nitrogen and oxygen atoms in total. The van der Waals surface area contributed by atoms with Gasteiger partial charge in [0.25, 0.3) is 5.91 Å². The minimum Gasteiger partial charge on any atom is -0.491 e. The van der Waals surface area contributed by atoms with E-state index in [4.69, 9.17) is 4.74 Å². The highest BCUT2D eigenvalue weighted by Crippen LogP contribution is 2.38. The predicted octanol–water partition coefficient (Wildman–Crippen LogP) is 3.93. The number of nitrogens with zero attached hydrogens (tertiary/aromatic N) is 1. The van der Waals surface area contributed by atoms with Gasteiger partial charge in [0.05, 0.1) is 17.0 Å². The van der Waals surface area contributed by atoms with E-state index in [0.29, 0.717) is 44.0 Å². The Morgan fingerprint density at radius 1 is 1.09 bits per heavy atom. The summed E-state index contributed by atoms with van der Waals surface area (Å²) in [6.45, 7) is 5.83. The van der Waals surface area contributed by atoms with Crippen LogP contribution in [-0.2, 0) is 11.2 Å². The van der Waals surface area contributed by atoms with Crippen molar-refractivity contribution in [2.45, 2.75) is 64.8 Å². The first-order valence-electron chi connectivity index (χ1n) is 12.9. The summed E-state index contributed by atoms with van der Waals surface area (Å²) in [5, 5.41) is 3.33. The first-order valence-corrected chi connectivity index (χ1v) is 12.9. The second kappa shape index (κ2) is 11.1. The lowest BCUT2D eigenvalue weighted by molar-refractivity contribution is -0.135. The Hall–Kier alpha value is -3.09. The van der Waals surface area contributed by atoms with Gasteiger partial charge in [0.15, 0.2) is 0 Å². The van der Waals surface area contributed by atoms with Crippen LogP contribution in [0.4, 0.5) is 0 Å². The average Bonchev–Trinajstić information content (AvgIpc) is 2.85. The minimum absolute atomic E-state index is 0.0623. The van der Waals surface area contributed by atoms with E-state index in [-0.39, 0.29) is 23.4 Å². The molecular formula is C28H37N3O4. The van der Waals surface area contributed by atoms with Crippen molar-refractivity contribution in [3.05, 3.63) is 64.1 Å². The van der Waals surface area contributed by atoms with Crippen LogP contribution in [0.1, 0.15) is 68.3 Å². The summed E-state index contributed by atoms with van der Waals surface area (Å²) >= 11 is 0. The van der Waals surface area contributed by atoms with E-state index in [1.54, 1.807) is 11.0 Å². The number of nitrogens with one attached hydrogen (secondary N) is 2. The zero-order valence-electron chi connectivity index (χ0n) is 20.8. The molecule has 1 spiro atoms. The van der Waals surface area contributed by atoms with Crippen molar-refractivity contribution in [3.8, 4) is 5.75 Å². The molecule has 0 saturated carbocycles. The van der Waals surface area contributed by atoms with Crippen molar-refractivity contribution in [3.63, 3.8) is 0 Å². The van der Waals surface area contributed by atoms with Gasteiger partial charge < -0.3 is 19.9 Å². The molecule has 4 rings (SSSR count). The lowest BCUT2D eigenvalue weighted by Crippen LogP contribution is -2.53.